The first kappa shape index (κ1) is 24.6. The fourth-order valence-electron chi connectivity index (χ4n) is 4.38. The molecule has 2 aliphatic carbocycles. The van der Waals surface area contributed by atoms with Crippen molar-refractivity contribution in [3.05, 3.63) is 59.7 Å². The molecule has 10 heteroatoms. The normalized spacial score (nSPS) is 16.5. The lowest BCUT2D eigenvalue weighted by atomic mass is 9.98. The summed E-state index contributed by atoms with van der Waals surface area (Å²) in [5.41, 5.74) is 3.76. The van der Waals surface area contributed by atoms with Crippen molar-refractivity contribution in [2.24, 2.45) is 5.92 Å². The number of aliphatic carboxylic acids is 1. The number of alkyl halides is 3. The van der Waals surface area contributed by atoms with E-state index in [2.05, 4.69) is 5.32 Å². The van der Waals surface area contributed by atoms with Crippen LogP contribution in [0.15, 0.2) is 48.5 Å². The molecule has 0 heterocycles. The number of benzene rings is 2. The van der Waals surface area contributed by atoms with Crippen LogP contribution in [0, 0.1) is 5.92 Å². The fraction of sp³-hybridized carbons (Fsp3) is 0.400. The van der Waals surface area contributed by atoms with E-state index in [-0.39, 0.29) is 24.9 Å². The summed E-state index contributed by atoms with van der Waals surface area (Å²) in [6.07, 6.45) is -5.57. The van der Waals surface area contributed by atoms with Crippen LogP contribution >= 0.6 is 0 Å². The van der Waals surface area contributed by atoms with Crippen molar-refractivity contribution in [3.63, 3.8) is 0 Å². The molecule has 2 aromatic rings. The maximum Gasteiger partial charge on any atom is 0.409 e. The number of fused-ring (bicyclic) bond motifs is 3. The van der Waals surface area contributed by atoms with Gasteiger partial charge in [-0.05, 0) is 34.6 Å². The first-order valence-electron chi connectivity index (χ1n) is 11.3. The van der Waals surface area contributed by atoms with Crippen LogP contribution in [0.1, 0.15) is 42.7 Å². The van der Waals surface area contributed by atoms with Crippen LogP contribution in [0.4, 0.5) is 18.0 Å². The highest BCUT2D eigenvalue weighted by molar-refractivity contribution is 5.84. The van der Waals surface area contributed by atoms with Gasteiger partial charge < -0.3 is 20.5 Å². The number of carbonyl (C=O) groups excluding carboxylic acids is 2. The lowest BCUT2D eigenvalue weighted by Crippen LogP contribution is -2.50. The number of carbonyl (C=O) groups is 3. The van der Waals surface area contributed by atoms with E-state index in [4.69, 9.17) is 4.74 Å². The maximum atomic E-state index is 13.5. The monoisotopic (exact) mass is 490 g/mol. The van der Waals surface area contributed by atoms with Gasteiger partial charge in [0.1, 0.15) is 18.7 Å². The number of hydrogen-bond donors (Lipinski definition) is 3. The van der Waals surface area contributed by atoms with Gasteiger partial charge in [-0.25, -0.2) is 9.59 Å². The summed E-state index contributed by atoms with van der Waals surface area (Å²) in [5, 5.41) is 13.1. The number of rotatable bonds is 9. The smallest absolute Gasteiger partial charge is 0.409 e. The van der Waals surface area contributed by atoms with Crippen LogP contribution in [0.25, 0.3) is 11.1 Å². The highest BCUT2D eigenvalue weighted by Crippen LogP contribution is 2.44. The number of nitrogens with one attached hydrogen (secondary N) is 2. The SMILES string of the molecule is O=C(CC(NC(=O)OCC1c2ccccc2-c2ccccc21)C(F)(F)F)NC(CC1CC1)C(=O)O. The molecule has 2 aromatic carbocycles. The Morgan fingerprint density at radius 2 is 1.54 bits per heavy atom. The zero-order valence-corrected chi connectivity index (χ0v) is 18.7. The van der Waals surface area contributed by atoms with Crippen molar-refractivity contribution >= 4 is 18.0 Å². The number of hydrogen-bond acceptors (Lipinski definition) is 4. The standard InChI is InChI=1S/C25H25F3N2O5/c26-25(27,28)21(12-22(31)29-20(23(32)33)11-14-9-10-14)30-24(34)35-13-19-17-7-3-1-5-15(17)16-6-2-4-8-18(16)19/h1-8,14,19-21H,9-13H2,(H,29,31)(H,30,34)(H,32,33). The topological polar surface area (TPSA) is 105 Å². The van der Waals surface area contributed by atoms with Crippen molar-refractivity contribution in [1.82, 2.24) is 10.6 Å². The molecule has 0 radical (unpaired) electrons. The molecule has 7 nitrogen and oxygen atoms in total. The zero-order valence-electron chi connectivity index (χ0n) is 18.7. The summed E-state index contributed by atoms with van der Waals surface area (Å²) < 4.78 is 45.7. The summed E-state index contributed by atoms with van der Waals surface area (Å²) in [5.74, 6) is -2.61. The van der Waals surface area contributed by atoms with Crippen LogP contribution < -0.4 is 10.6 Å². The molecular formula is C25H25F3N2O5. The molecule has 2 atom stereocenters. The fourth-order valence-corrected chi connectivity index (χ4v) is 4.38. The molecule has 35 heavy (non-hydrogen) atoms. The highest BCUT2D eigenvalue weighted by atomic mass is 19.4. The Hall–Kier alpha value is -3.56. The number of carboxylic acid groups (broad SMARTS) is 1. The van der Waals surface area contributed by atoms with E-state index in [0.29, 0.717) is 0 Å². The quantitative estimate of drug-likeness (QED) is 0.488. The van der Waals surface area contributed by atoms with Crippen LogP contribution in [0.3, 0.4) is 0 Å². The Bertz CT molecular complexity index is 1070. The average molecular weight is 490 g/mol. The molecule has 0 aliphatic heterocycles. The maximum absolute atomic E-state index is 13.5. The Balaban J connectivity index is 1.37. The lowest BCUT2D eigenvalue weighted by Gasteiger charge is -2.23. The van der Waals surface area contributed by atoms with Gasteiger partial charge in [0.2, 0.25) is 5.91 Å². The number of halogens is 3. The Labute approximate surface area is 199 Å². The molecule has 0 bridgehead atoms. The van der Waals surface area contributed by atoms with Crippen molar-refractivity contribution < 1.29 is 37.4 Å². The summed E-state index contributed by atoms with van der Waals surface area (Å²) in [6.45, 7) is -0.181. The molecule has 0 aromatic heterocycles. The number of alkyl carbamates (subject to hydrolysis) is 1. The van der Waals surface area contributed by atoms with E-state index in [0.717, 1.165) is 35.1 Å². The van der Waals surface area contributed by atoms with Gasteiger partial charge >= 0.3 is 18.2 Å². The molecule has 2 unspecified atom stereocenters. The first-order chi connectivity index (χ1) is 16.6. The second kappa shape index (κ2) is 9.97. The third-order valence-electron chi connectivity index (χ3n) is 6.32. The molecule has 4 rings (SSSR count). The number of carboxylic acids is 1. The summed E-state index contributed by atoms with van der Waals surface area (Å²) in [4.78, 5) is 35.8. The van der Waals surface area contributed by atoms with E-state index in [1.165, 1.54) is 0 Å². The van der Waals surface area contributed by atoms with E-state index in [1.54, 1.807) is 5.32 Å². The largest absolute Gasteiger partial charge is 0.480 e. The molecule has 1 saturated carbocycles. The predicted octanol–water partition coefficient (Wildman–Crippen LogP) is 4.22. The molecular weight excluding hydrogens is 465 g/mol. The molecule has 1 fully saturated rings. The molecule has 186 valence electrons. The van der Waals surface area contributed by atoms with Gasteiger partial charge in [0.25, 0.3) is 0 Å². The summed E-state index contributed by atoms with van der Waals surface area (Å²) >= 11 is 0. The second-order valence-electron chi connectivity index (χ2n) is 8.91. The van der Waals surface area contributed by atoms with Gasteiger partial charge in [-0.3, -0.25) is 4.79 Å². The average Bonchev–Trinajstić information content (AvgIpc) is 3.57. The van der Waals surface area contributed by atoms with E-state index in [9.17, 15) is 32.7 Å². The van der Waals surface area contributed by atoms with Gasteiger partial charge in [-0.15, -0.1) is 0 Å². The molecule has 2 amide bonds. The molecule has 2 aliphatic rings. The number of ether oxygens (including phenoxy) is 1. The Kier molecular flexibility index (Phi) is 7.00. The number of amides is 2. The predicted molar refractivity (Wildman–Crippen MR) is 120 cm³/mol. The van der Waals surface area contributed by atoms with Gasteiger partial charge in [-0.2, -0.15) is 13.2 Å². The zero-order chi connectivity index (χ0) is 25.2. The van der Waals surface area contributed by atoms with E-state index in [1.807, 2.05) is 48.5 Å². The third kappa shape index (κ3) is 5.93. The summed E-state index contributed by atoms with van der Waals surface area (Å²) in [7, 11) is 0. The van der Waals surface area contributed by atoms with Gasteiger partial charge in [0.05, 0.1) is 6.42 Å². The molecule has 3 N–H and O–H groups in total. The van der Waals surface area contributed by atoms with Crippen molar-refractivity contribution in [3.8, 4) is 11.1 Å². The van der Waals surface area contributed by atoms with E-state index >= 15 is 0 Å². The first-order valence-corrected chi connectivity index (χ1v) is 11.3. The highest BCUT2D eigenvalue weighted by Gasteiger charge is 2.43. The van der Waals surface area contributed by atoms with Crippen LogP contribution in [-0.4, -0.2) is 47.9 Å². The summed E-state index contributed by atoms with van der Waals surface area (Å²) in [6, 6.07) is 11.3. The van der Waals surface area contributed by atoms with Gasteiger partial charge in [0, 0.05) is 5.92 Å². The minimum atomic E-state index is -4.93. The molecule has 0 saturated heterocycles. The van der Waals surface area contributed by atoms with Crippen molar-refractivity contribution in [1.29, 1.82) is 0 Å². The lowest BCUT2D eigenvalue weighted by molar-refractivity contribution is -0.161. The Morgan fingerprint density at radius 3 is 2.06 bits per heavy atom. The van der Waals surface area contributed by atoms with Crippen LogP contribution in [0.2, 0.25) is 0 Å². The van der Waals surface area contributed by atoms with Crippen molar-refractivity contribution in [2.45, 2.75) is 49.9 Å². The molecule has 0 spiro atoms. The minimum Gasteiger partial charge on any atom is -0.480 e. The Morgan fingerprint density at radius 1 is 0.971 bits per heavy atom. The third-order valence-corrected chi connectivity index (χ3v) is 6.32. The van der Waals surface area contributed by atoms with Gasteiger partial charge in [-0.1, -0.05) is 61.4 Å². The van der Waals surface area contributed by atoms with Crippen LogP contribution in [0.5, 0.6) is 0 Å². The minimum absolute atomic E-state index is 0.147. The van der Waals surface area contributed by atoms with Gasteiger partial charge in [0.15, 0.2) is 0 Å². The van der Waals surface area contributed by atoms with Crippen molar-refractivity contribution in [2.75, 3.05) is 6.61 Å². The van der Waals surface area contributed by atoms with Crippen LogP contribution in [-0.2, 0) is 14.3 Å². The van der Waals surface area contributed by atoms with E-state index < -0.39 is 42.7 Å². The second-order valence-corrected chi connectivity index (χ2v) is 8.91.